The minimum atomic E-state index is -0.637. The summed E-state index contributed by atoms with van der Waals surface area (Å²) < 4.78 is 1.89. The maximum absolute atomic E-state index is 10.5. The van der Waals surface area contributed by atoms with Crippen molar-refractivity contribution in [1.29, 1.82) is 0 Å². The van der Waals surface area contributed by atoms with Crippen molar-refractivity contribution < 1.29 is 10.2 Å². The second-order valence-electron chi connectivity index (χ2n) is 5.50. The predicted molar refractivity (Wildman–Crippen MR) is 95.6 cm³/mol. The summed E-state index contributed by atoms with van der Waals surface area (Å²) in [5.74, 6) is 0.796. The molecule has 0 saturated carbocycles. The minimum absolute atomic E-state index is 0.0968. The molecular weight excluding hydrogens is 320 g/mol. The third kappa shape index (κ3) is 4.06. The van der Waals surface area contributed by atoms with Crippen molar-refractivity contribution in [2.75, 3.05) is 0 Å². The Morgan fingerprint density at radius 3 is 2.33 bits per heavy atom. The van der Waals surface area contributed by atoms with Crippen LogP contribution < -0.4 is 0 Å². The summed E-state index contributed by atoms with van der Waals surface area (Å²) >= 11 is 1.60. The fourth-order valence-electron chi connectivity index (χ4n) is 2.50. The number of imidazole rings is 1. The molecular formula is C19H20N2O2S. The smallest absolute Gasteiger partial charge is 0.168 e. The Morgan fingerprint density at radius 1 is 1.00 bits per heavy atom. The van der Waals surface area contributed by atoms with E-state index >= 15 is 0 Å². The van der Waals surface area contributed by atoms with Gasteiger partial charge in [0, 0.05) is 5.75 Å². The molecule has 0 aliphatic carbocycles. The number of rotatable bonds is 7. The number of hydrogen-bond acceptors (Lipinski definition) is 4. The molecule has 2 aromatic carbocycles. The molecule has 1 aromatic heterocycles. The average Bonchev–Trinajstić information content (AvgIpc) is 3.03. The van der Waals surface area contributed by atoms with Crippen molar-refractivity contribution in [3.8, 4) is 0 Å². The van der Waals surface area contributed by atoms with Crippen LogP contribution in [0.5, 0.6) is 0 Å². The Morgan fingerprint density at radius 2 is 1.67 bits per heavy atom. The monoisotopic (exact) mass is 340 g/mol. The van der Waals surface area contributed by atoms with Crippen molar-refractivity contribution in [2.24, 2.45) is 0 Å². The Hall–Kier alpha value is -2.08. The highest BCUT2D eigenvalue weighted by atomic mass is 32.2. The van der Waals surface area contributed by atoms with Gasteiger partial charge in [-0.3, -0.25) is 0 Å². The van der Waals surface area contributed by atoms with Crippen molar-refractivity contribution in [3.63, 3.8) is 0 Å². The molecule has 0 amide bonds. The molecule has 0 bridgehead atoms. The van der Waals surface area contributed by atoms with Crippen molar-refractivity contribution in [1.82, 2.24) is 9.55 Å². The summed E-state index contributed by atoms with van der Waals surface area (Å²) in [5, 5.41) is 20.8. The van der Waals surface area contributed by atoms with Gasteiger partial charge in [-0.05, 0) is 11.1 Å². The second kappa shape index (κ2) is 8.15. The van der Waals surface area contributed by atoms with E-state index in [4.69, 9.17) is 0 Å². The molecule has 0 spiro atoms. The average molecular weight is 340 g/mol. The molecule has 0 radical (unpaired) electrons. The summed E-state index contributed by atoms with van der Waals surface area (Å²) in [4.78, 5) is 4.40. The largest absolute Gasteiger partial charge is 0.390 e. The molecule has 5 heteroatoms. The Kier molecular flexibility index (Phi) is 5.69. The van der Waals surface area contributed by atoms with E-state index < -0.39 is 6.10 Å². The summed E-state index contributed by atoms with van der Waals surface area (Å²) in [6, 6.07) is 19.7. The standard InChI is InChI=1S/C19H20N2O2S/c22-13-17-11-20-19(24-14-15-7-3-1-4-8-15)21(17)12-18(23)16-9-5-2-6-10-16/h1-11,18,22-23H,12-14H2. The van der Waals surface area contributed by atoms with Crippen molar-refractivity contribution in [2.45, 2.75) is 30.2 Å². The number of thioether (sulfide) groups is 1. The second-order valence-corrected chi connectivity index (χ2v) is 6.44. The quantitative estimate of drug-likeness (QED) is 0.647. The Balaban J connectivity index is 1.75. The van der Waals surface area contributed by atoms with Gasteiger partial charge in [0.15, 0.2) is 5.16 Å². The van der Waals surface area contributed by atoms with Crippen LogP contribution >= 0.6 is 11.8 Å². The molecule has 0 aliphatic heterocycles. The lowest BCUT2D eigenvalue weighted by atomic mass is 10.1. The van der Waals surface area contributed by atoms with Gasteiger partial charge in [-0.25, -0.2) is 4.98 Å². The molecule has 0 aliphatic rings. The minimum Gasteiger partial charge on any atom is -0.390 e. The van der Waals surface area contributed by atoms with Crippen LogP contribution in [0.1, 0.15) is 22.9 Å². The molecule has 1 heterocycles. The Bertz CT molecular complexity index is 760. The van der Waals surface area contributed by atoms with Gasteiger partial charge >= 0.3 is 0 Å². The lowest BCUT2D eigenvalue weighted by molar-refractivity contribution is 0.148. The van der Waals surface area contributed by atoms with Gasteiger partial charge in [-0.2, -0.15) is 0 Å². The van der Waals surface area contributed by atoms with Gasteiger partial charge in [0.2, 0.25) is 0 Å². The third-order valence-corrected chi connectivity index (χ3v) is 4.88. The maximum Gasteiger partial charge on any atom is 0.168 e. The summed E-state index contributed by atoms with van der Waals surface area (Å²) in [5.41, 5.74) is 2.78. The van der Waals surface area contributed by atoms with Gasteiger partial charge in [0.05, 0.1) is 31.1 Å². The van der Waals surface area contributed by atoms with E-state index in [0.29, 0.717) is 12.2 Å². The molecule has 1 unspecified atom stereocenters. The number of hydrogen-bond donors (Lipinski definition) is 2. The molecule has 24 heavy (non-hydrogen) atoms. The highest BCUT2D eigenvalue weighted by Gasteiger charge is 2.15. The SMILES string of the molecule is OCc1cnc(SCc2ccccc2)n1CC(O)c1ccccc1. The molecule has 0 saturated heterocycles. The first kappa shape index (κ1) is 16.8. The summed E-state index contributed by atoms with van der Waals surface area (Å²) in [6.45, 7) is 0.275. The molecule has 3 aromatic rings. The third-order valence-electron chi connectivity index (χ3n) is 3.81. The fraction of sp³-hybridized carbons (Fsp3) is 0.211. The van der Waals surface area contributed by atoms with E-state index in [1.165, 1.54) is 5.56 Å². The zero-order valence-corrected chi connectivity index (χ0v) is 14.1. The molecule has 2 N–H and O–H groups in total. The van der Waals surface area contributed by atoms with Crippen LogP contribution in [0.2, 0.25) is 0 Å². The normalized spacial score (nSPS) is 12.2. The van der Waals surface area contributed by atoms with Gasteiger partial charge in [-0.1, -0.05) is 72.4 Å². The van der Waals surface area contributed by atoms with Crippen LogP contribution in [0.15, 0.2) is 72.0 Å². The molecule has 3 rings (SSSR count). The van der Waals surface area contributed by atoms with Crippen molar-refractivity contribution in [3.05, 3.63) is 83.7 Å². The van der Waals surface area contributed by atoms with Gasteiger partial charge in [0.1, 0.15) is 0 Å². The van der Waals surface area contributed by atoms with Gasteiger partial charge in [0.25, 0.3) is 0 Å². The number of nitrogens with zero attached hydrogens (tertiary/aromatic N) is 2. The van der Waals surface area contributed by atoms with E-state index in [1.54, 1.807) is 18.0 Å². The lowest BCUT2D eigenvalue weighted by Gasteiger charge is -2.16. The van der Waals surface area contributed by atoms with Crippen LogP contribution in [0.25, 0.3) is 0 Å². The van der Waals surface area contributed by atoms with E-state index in [1.807, 2.05) is 53.1 Å². The highest BCUT2D eigenvalue weighted by molar-refractivity contribution is 7.98. The number of aromatic nitrogens is 2. The molecule has 0 fully saturated rings. The van der Waals surface area contributed by atoms with Gasteiger partial charge in [-0.15, -0.1) is 0 Å². The van der Waals surface area contributed by atoms with E-state index in [0.717, 1.165) is 16.5 Å². The van der Waals surface area contributed by atoms with E-state index in [2.05, 4.69) is 17.1 Å². The highest BCUT2D eigenvalue weighted by Crippen LogP contribution is 2.25. The molecule has 124 valence electrons. The Labute approximate surface area is 145 Å². The number of aliphatic hydroxyl groups excluding tert-OH is 2. The number of benzene rings is 2. The van der Waals surface area contributed by atoms with E-state index in [9.17, 15) is 10.2 Å². The first-order chi connectivity index (χ1) is 11.8. The van der Waals surface area contributed by atoms with Crippen LogP contribution in [0.3, 0.4) is 0 Å². The first-order valence-corrected chi connectivity index (χ1v) is 8.81. The van der Waals surface area contributed by atoms with Gasteiger partial charge < -0.3 is 14.8 Å². The zero-order valence-electron chi connectivity index (χ0n) is 13.2. The first-order valence-electron chi connectivity index (χ1n) is 7.83. The van der Waals surface area contributed by atoms with Crippen LogP contribution in [-0.2, 0) is 18.9 Å². The van der Waals surface area contributed by atoms with Crippen LogP contribution in [-0.4, -0.2) is 19.8 Å². The number of aliphatic hydroxyl groups is 2. The van der Waals surface area contributed by atoms with E-state index in [-0.39, 0.29) is 6.61 Å². The summed E-state index contributed by atoms with van der Waals surface area (Å²) in [6.07, 6.45) is 1.03. The van der Waals surface area contributed by atoms with Crippen LogP contribution in [0, 0.1) is 0 Å². The summed E-state index contributed by atoms with van der Waals surface area (Å²) in [7, 11) is 0. The fourth-order valence-corrected chi connectivity index (χ4v) is 3.47. The molecule has 4 nitrogen and oxygen atoms in total. The molecule has 1 atom stereocenters. The topological polar surface area (TPSA) is 58.3 Å². The maximum atomic E-state index is 10.5. The lowest BCUT2D eigenvalue weighted by Crippen LogP contribution is -2.12. The zero-order chi connectivity index (χ0) is 16.8. The predicted octanol–water partition coefficient (Wildman–Crippen LogP) is 3.40. The van der Waals surface area contributed by atoms with Crippen LogP contribution in [0.4, 0.5) is 0 Å². The van der Waals surface area contributed by atoms with Crippen molar-refractivity contribution >= 4 is 11.8 Å².